The molecule has 0 spiro atoms. The zero-order valence-corrected chi connectivity index (χ0v) is 17.2. The highest BCUT2D eigenvalue weighted by molar-refractivity contribution is 5.91. The van der Waals surface area contributed by atoms with Crippen LogP contribution in [-0.4, -0.2) is 47.3 Å². The number of pyridine rings is 1. The maximum atomic E-state index is 12.2. The second-order valence-electron chi connectivity index (χ2n) is 7.37. The quantitative estimate of drug-likeness (QED) is 0.616. The molecule has 0 radical (unpaired) electrons. The number of aryl methyl sites for hydroxylation is 2. The Kier molecular flexibility index (Phi) is 5.10. The summed E-state index contributed by atoms with van der Waals surface area (Å²) in [7, 11) is 1.70. The van der Waals surface area contributed by atoms with Gasteiger partial charge in [-0.05, 0) is 50.6 Å². The van der Waals surface area contributed by atoms with Crippen molar-refractivity contribution in [1.82, 2.24) is 14.4 Å². The lowest BCUT2D eigenvalue weighted by atomic mass is 9.95. The second-order valence-corrected chi connectivity index (χ2v) is 7.37. The maximum absolute atomic E-state index is 12.2. The van der Waals surface area contributed by atoms with Gasteiger partial charge in [-0.3, -0.25) is 0 Å². The molecule has 1 saturated heterocycles. The fourth-order valence-corrected chi connectivity index (χ4v) is 3.83. The van der Waals surface area contributed by atoms with E-state index in [0.29, 0.717) is 19.8 Å². The maximum Gasteiger partial charge on any atom is 0.357 e. The summed E-state index contributed by atoms with van der Waals surface area (Å²) in [4.78, 5) is 21.4. The molecular weight excluding hydrogens is 370 g/mol. The summed E-state index contributed by atoms with van der Waals surface area (Å²) < 4.78 is 18.5. The van der Waals surface area contributed by atoms with Crippen LogP contribution in [0.1, 0.15) is 40.8 Å². The SMILES string of the molecule is CCOC(=O)c1cc2c(-c3cc(C)cc([C@]4(OC)CCOC4)n3)cc(C)n2cn1. The number of rotatable bonds is 5. The molecule has 3 aromatic rings. The van der Waals surface area contributed by atoms with Crippen LogP contribution in [0.5, 0.6) is 0 Å². The zero-order chi connectivity index (χ0) is 20.6. The molecule has 4 heterocycles. The van der Waals surface area contributed by atoms with Crippen LogP contribution >= 0.6 is 0 Å². The van der Waals surface area contributed by atoms with Crippen molar-refractivity contribution in [2.75, 3.05) is 26.9 Å². The summed E-state index contributed by atoms with van der Waals surface area (Å²) in [5.41, 5.74) is 5.34. The number of aromatic nitrogens is 3. The molecule has 1 atom stereocenters. The second kappa shape index (κ2) is 7.57. The molecule has 1 aliphatic heterocycles. The van der Waals surface area contributed by atoms with Gasteiger partial charge in [-0.25, -0.2) is 14.8 Å². The molecule has 7 heteroatoms. The van der Waals surface area contributed by atoms with E-state index in [-0.39, 0.29) is 5.69 Å². The fraction of sp³-hybridized carbons (Fsp3) is 0.409. The normalized spacial score (nSPS) is 19.0. The third-order valence-corrected chi connectivity index (χ3v) is 5.43. The Balaban J connectivity index is 1.86. The first kappa shape index (κ1) is 19.5. The van der Waals surface area contributed by atoms with Crippen LogP contribution < -0.4 is 0 Å². The van der Waals surface area contributed by atoms with Crippen molar-refractivity contribution in [3.05, 3.63) is 53.2 Å². The summed E-state index contributed by atoms with van der Waals surface area (Å²) in [6, 6.07) is 7.91. The molecule has 0 aromatic carbocycles. The lowest BCUT2D eigenvalue weighted by Crippen LogP contribution is -2.30. The van der Waals surface area contributed by atoms with Gasteiger partial charge in [0.15, 0.2) is 5.69 Å². The van der Waals surface area contributed by atoms with Crippen LogP contribution in [0.3, 0.4) is 0 Å². The Bertz CT molecular complexity index is 1070. The molecule has 152 valence electrons. The minimum atomic E-state index is -0.525. The number of fused-ring (bicyclic) bond motifs is 1. The molecule has 0 unspecified atom stereocenters. The van der Waals surface area contributed by atoms with Gasteiger partial charge in [0.1, 0.15) is 11.9 Å². The Labute approximate surface area is 169 Å². The van der Waals surface area contributed by atoms with Crippen molar-refractivity contribution in [3.63, 3.8) is 0 Å². The molecule has 0 saturated carbocycles. The van der Waals surface area contributed by atoms with Crippen LogP contribution in [0.2, 0.25) is 0 Å². The molecule has 0 amide bonds. The average Bonchev–Trinajstić information content (AvgIpc) is 3.33. The molecule has 0 aliphatic carbocycles. The van der Waals surface area contributed by atoms with E-state index < -0.39 is 11.6 Å². The number of esters is 1. The van der Waals surface area contributed by atoms with Gasteiger partial charge < -0.3 is 18.6 Å². The molecular formula is C22H25N3O4. The van der Waals surface area contributed by atoms with E-state index in [1.165, 1.54) is 0 Å². The standard InChI is InChI=1S/C22H25N3O4/c1-5-29-21(26)18-11-19-16(10-15(3)25(19)13-23-18)17-8-14(2)9-20(24-17)22(27-4)6-7-28-12-22/h8-11,13H,5-7,12H2,1-4H3/t22-/m0/s1. The molecule has 1 fully saturated rings. The van der Waals surface area contributed by atoms with Crippen molar-refractivity contribution in [1.29, 1.82) is 0 Å². The highest BCUT2D eigenvalue weighted by Gasteiger charge is 2.38. The largest absolute Gasteiger partial charge is 0.461 e. The molecule has 7 nitrogen and oxygen atoms in total. The number of carbonyl (C=O) groups excluding carboxylic acids is 1. The molecule has 0 N–H and O–H groups in total. The lowest BCUT2D eigenvalue weighted by molar-refractivity contribution is -0.0245. The Morgan fingerprint density at radius 3 is 2.79 bits per heavy atom. The van der Waals surface area contributed by atoms with E-state index >= 15 is 0 Å². The van der Waals surface area contributed by atoms with E-state index in [9.17, 15) is 4.79 Å². The van der Waals surface area contributed by atoms with Gasteiger partial charge in [-0.1, -0.05) is 0 Å². The van der Waals surface area contributed by atoms with Crippen LogP contribution in [0.25, 0.3) is 16.8 Å². The third-order valence-electron chi connectivity index (χ3n) is 5.43. The summed E-state index contributed by atoms with van der Waals surface area (Å²) in [5.74, 6) is -0.431. The molecule has 0 bridgehead atoms. The number of hydrogen-bond donors (Lipinski definition) is 0. The number of carbonyl (C=O) groups is 1. The Morgan fingerprint density at radius 2 is 2.10 bits per heavy atom. The van der Waals surface area contributed by atoms with E-state index in [1.807, 2.05) is 24.3 Å². The summed E-state index contributed by atoms with van der Waals surface area (Å²) in [5, 5.41) is 0. The van der Waals surface area contributed by atoms with Gasteiger partial charge in [-0.15, -0.1) is 0 Å². The predicted molar refractivity (Wildman–Crippen MR) is 108 cm³/mol. The molecule has 1 aliphatic rings. The lowest BCUT2D eigenvalue weighted by Gasteiger charge is -2.26. The van der Waals surface area contributed by atoms with Gasteiger partial charge in [0.25, 0.3) is 0 Å². The molecule has 3 aromatic heterocycles. The fourth-order valence-electron chi connectivity index (χ4n) is 3.83. The van der Waals surface area contributed by atoms with E-state index in [2.05, 4.69) is 17.1 Å². The van der Waals surface area contributed by atoms with Gasteiger partial charge in [-0.2, -0.15) is 0 Å². The zero-order valence-electron chi connectivity index (χ0n) is 17.2. The van der Waals surface area contributed by atoms with Crippen molar-refractivity contribution in [3.8, 4) is 11.3 Å². The Hall–Kier alpha value is -2.77. The van der Waals surface area contributed by atoms with Gasteiger partial charge >= 0.3 is 5.97 Å². The predicted octanol–water partition coefficient (Wildman–Crippen LogP) is 3.45. The van der Waals surface area contributed by atoms with Crippen molar-refractivity contribution >= 4 is 11.5 Å². The summed E-state index contributed by atoms with van der Waals surface area (Å²) in [6.45, 7) is 7.28. The number of ether oxygens (including phenoxy) is 3. The monoisotopic (exact) mass is 395 g/mol. The smallest absolute Gasteiger partial charge is 0.357 e. The summed E-state index contributed by atoms with van der Waals surface area (Å²) in [6.07, 6.45) is 2.42. The van der Waals surface area contributed by atoms with Gasteiger partial charge in [0.2, 0.25) is 0 Å². The first-order chi connectivity index (χ1) is 14.0. The van der Waals surface area contributed by atoms with E-state index in [4.69, 9.17) is 19.2 Å². The minimum absolute atomic E-state index is 0.282. The first-order valence-corrected chi connectivity index (χ1v) is 9.74. The highest BCUT2D eigenvalue weighted by atomic mass is 16.5. The van der Waals surface area contributed by atoms with E-state index in [1.54, 1.807) is 26.4 Å². The van der Waals surface area contributed by atoms with Crippen LogP contribution in [0, 0.1) is 13.8 Å². The number of hydrogen-bond acceptors (Lipinski definition) is 6. The van der Waals surface area contributed by atoms with Crippen molar-refractivity contribution in [2.24, 2.45) is 0 Å². The van der Waals surface area contributed by atoms with Crippen LogP contribution in [0.4, 0.5) is 0 Å². The van der Waals surface area contributed by atoms with Crippen molar-refractivity contribution in [2.45, 2.75) is 32.8 Å². The number of nitrogens with zero attached hydrogens (tertiary/aromatic N) is 3. The molecule has 4 rings (SSSR count). The number of methoxy groups -OCH3 is 1. The topological polar surface area (TPSA) is 75.0 Å². The van der Waals surface area contributed by atoms with Crippen molar-refractivity contribution < 1.29 is 19.0 Å². The third kappa shape index (κ3) is 3.41. The minimum Gasteiger partial charge on any atom is -0.461 e. The molecule has 29 heavy (non-hydrogen) atoms. The highest BCUT2D eigenvalue weighted by Crippen LogP contribution is 2.35. The first-order valence-electron chi connectivity index (χ1n) is 9.74. The van der Waals surface area contributed by atoms with E-state index in [0.717, 1.165) is 40.1 Å². The average molecular weight is 395 g/mol. The summed E-state index contributed by atoms with van der Waals surface area (Å²) >= 11 is 0. The van der Waals surface area contributed by atoms with Gasteiger partial charge in [0.05, 0.1) is 30.1 Å². The van der Waals surface area contributed by atoms with Crippen LogP contribution in [-0.2, 0) is 19.8 Å². The Morgan fingerprint density at radius 1 is 1.28 bits per heavy atom. The van der Waals surface area contributed by atoms with Crippen LogP contribution in [0.15, 0.2) is 30.6 Å². The van der Waals surface area contributed by atoms with Gasteiger partial charge in [0, 0.05) is 31.4 Å².